The number of tetrazole rings is 1. The molecule has 218 valence electrons. The Labute approximate surface area is 246 Å². The molecule has 0 bridgehead atoms. The van der Waals surface area contributed by atoms with Crippen molar-refractivity contribution in [3.8, 4) is 11.5 Å². The lowest BCUT2D eigenvalue weighted by atomic mass is 10.0. The van der Waals surface area contributed by atoms with Gasteiger partial charge in [0, 0.05) is 43.6 Å². The second-order valence-corrected chi connectivity index (χ2v) is 10.6. The van der Waals surface area contributed by atoms with Crippen molar-refractivity contribution < 1.29 is 18.7 Å². The first-order valence-electron chi connectivity index (χ1n) is 14.1. The number of fused-ring (bicyclic) bond motifs is 1. The Morgan fingerprint density at radius 1 is 1.00 bits per heavy atom. The molecule has 0 radical (unpaired) electrons. The number of hydrogen-bond acceptors (Lipinski definition) is 10. The Morgan fingerprint density at radius 3 is 2.53 bits per heavy atom. The summed E-state index contributed by atoms with van der Waals surface area (Å²) in [5.74, 6) is 0.641. The number of pyridine rings is 1. The normalized spacial score (nSPS) is 16.6. The van der Waals surface area contributed by atoms with Crippen LogP contribution in [0.2, 0.25) is 0 Å². The minimum atomic E-state index is -0.158. The summed E-state index contributed by atoms with van der Waals surface area (Å²) in [5.41, 5.74) is 3.85. The van der Waals surface area contributed by atoms with Crippen LogP contribution in [0.15, 0.2) is 71.3 Å². The van der Waals surface area contributed by atoms with Gasteiger partial charge in [0.15, 0.2) is 11.4 Å². The summed E-state index contributed by atoms with van der Waals surface area (Å²) < 4.78 is 11.1. The molecule has 1 unspecified atom stereocenters. The van der Waals surface area contributed by atoms with Crippen molar-refractivity contribution in [3.05, 3.63) is 83.9 Å². The number of carbonyl (C=O) groups excluding carboxylic acids is 2. The number of aryl methyl sites for hydroxylation is 1. The third-order valence-electron chi connectivity index (χ3n) is 7.74. The van der Waals surface area contributed by atoms with E-state index in [-0.39, 0.29) is 23.8 Å². The van der Waals surface area contributed by atoms with Crippen LogP contribution in [0.3, 0.4) is 0 Å². The van der Waals surface area contributed by atoms with Crippen molar-refractivity contribution >= 4 is 28.6 Å². The van der Waals surface area contributed by atoms with Crippen molar-refractivity contribution in [2.45, 2.75) is 6.04 Å². The summed E-state index contributed by atoms with van der Waals surface area (Å²) in [6, 6.07) is 18.7. The Balaban J connectivity index is 1.05. The molecule has 2 amide bonds. The number of nitrogens with zero attached hydrogens (tertiary/aromatic N) is 8. The number of hydrogen-bond donors (Lipinski definition) is 1. The van der Waals surface area contributed by atoms with E-state index in [0.29, 0.717) is 79.2 Å². The molecule has 5 aromatic rings. The Hall–Kier alpha value is -5.01. The molecule has 7 rings (SSSR count). The maximum absolute atomic E-state index is 13.5. The lowest BCUT2D eigenvalue weighted by Gasteiger charge is -2.38. The first-order valence-corrected chi connectivity index (χ1v) is 14.1. The van der Waals surface area contributed by atoms with E-state index in [0.717, 1.165) is 5.56 Å². The van der Waals surface area contributed by atoms with Gasteiger partial charge in [0.1, 0.15) is 11.2 Å². The maximum Gasteiger partial charge on any atom is 0.272 e. The van der Waals surface area contributed by atoms with Crippen LogP contribution in [0.25, 0.3) is 22.6 Å². The van der Waals surface area contributed by atoms with Gasteiger partial charge in [-0.05, 0) is 41.1 Å². The number of benzene rings is 2. The van der Waals surface area contributed by atoms with Crippen LogP contribution in [-0.4, -0.2) is 91.2 Å². The van der Waals surface area contributed by atoms with Gasteiger partial charge in [-0.15, -0.1) is 10.2 Å². The molecule has 2 fully saturated rings. The summed E-state index contributed by atoms with van der Waals surface area (Å²) in [5, 5.41) is 15.7. The average Bonchev–Trinajstić information content (AvgIpc) is 3.63. The smallest absolute Gasteiger partial charge is 0.272 e. The van der Waals surface area contributed by atoms with Crippen molar-refractivity contribution in [1.29, 1.82) is 0 Å². The van der Waals surface area contributed by atoms with Crippen LogP contribution in [0.1, 0.15) is 27.9 Å². The molecule has 2 saturated heterocycles. The second kappa shape index (κ2) is 11.3. The number of rotatable bonds is 7. The van der Waals surface area contributed by atoms with Crippen molar-refractivity contribution in [1.82, 2.24) is 40.0 Å². The van der Waals surface area contributed by atoms with Crippen LogP contribution in [-0.2, 0) is 16.6 Å². The number of oxazole rings is 1. The van der Waals surface area contributed by atoms with Crippen LogP contribution in [0.5, 0.6) is 0 Å². The topological polar surface area (TPSA) is 144 Å². The predicted octanol–water partition coefficient (Wildman–Crippen LogP) is 2.55. The molecular weight excluding hydrogens is 550 g/mol. The monoisotopic (exact) mass is 579 g/mol. The first-order chi connectivity index (χ1) is 21.0. The molecule has 0 saturated carbocycles. The SMILES string of the molecule is Cn1nnc(C(c2ccccc2)N2CCN(C(=O)c3cc(-c4nc5cc(NC(=O)C6COC6)ccc5o4)ccn3)CC2)n1. The van der Waals surface area contributed by atoms with E-state index in [4.69, 9.17) is 9.15 Å². The number of nitrogens with one attached hydrogen (secondary N) is 1. The summed E-state index contributed by atoms with van der Waals surface area (Å²) in [7, 11) is 1.75. The number of ether oxygens (including phenoxy) is 1. The zero-order valence-electron chi connectivity index (χ0n) is 23.5. The van der Waals surface area contributed by atoms with Gasteiger partial charge in [-0.25, -0.2) is 4.98 Å². The average molecular weight is 580 g/mol. The minimum Gasteiger partial charge on any atom is -0.436 e. The Kier molecular flexibility index (Phi) is 7.09. The van der Waals surface area contributed by atoms with E-state index < -0.39 is 0 Å². The predicted molar refractivity (Wildman–Crippen MR) is 155 cm³/mol. The highest BCUT2D eigenvalue weighted by Crippen LogP contribution is 2.29. The van der Waals surface area contributed by atoms with E-state index in [1.165, 1.54) is 4.80 Å². The van der Waals surface area contributed by atoms with Gasteiger partial charge < -0.3 is 19.4 Å². The van der Waals surface area contributed by atoms with Gasteiger partial charge in [-0.3, -0.25) is 19.5 Å². The molecule has 1 atom stereocenters. The fraction of sp³-hybridized carbons (Fsp3) is 0.300. The summed E-state index contributed by atoms with van der Waals surface area (Å²) in [6.07, 6.45) is 1.59. The molecule has 5 heterocycles. The fourth-order valence-corrected chi connectivity index (χ4v) is 5.35. The summed E-state index contributed by atoms with van der Waals surface area (Å²) in [6.45, 7) is 3.21. The molecule has 2 aliphatic heterocycles. The molecule has 0 aliphatic carbocycles. The highest BCUT2D eigenvalue weighted by Gasteiger charge is 2.32. The van der Waals surface area contributed by atoms with Crippen LogP contribution in [0, 0.1) is 5.92 Å². The quantitative estimate of drug-likeness (QED) is 0.305. The van der Waals surface area contributed by atoms with Crippen molar-refractivity contribution in [2.75, 3.05) is 44.7 Å². The van der Waals surface area contributed by atoms with Gasteiger partial charge in [0.25, 0.3) is 5.91 Å². The van der Waals surface area contributed by atoms with Crippen LogP contribution in [0.4, 0.5) is 5.69 Å². The largest absolute Gasteiger partial charge is 0.436 e. The lowest BCUT2D eigenvalue weighted by Crippen LogP contribution is -2.50. The zero-order chi connectivity index (χ0) is 29.3. The Morgan fingerprint density at radius 2 is 1.81 bits per heavy atom. The number of carbonyl (C=O) groups is 2. The molecule has 43 heavy (non-hydrogen) atoms. The molecule has 2 aromatic carbocycles. The highest BCUT2D eigenvalue weighted by atomic mass is 16.5. The van der Waals surface area contributed by atoms with E-state index in [9.17, 15) is 9.59 Å². The van der Waals surface area contributed by atoms with E-state index >= 15 is 0 Å². The van der Waals surface area contributed by atoms with E-state index in [1.807, 2.05) is 23.1 Å². The van der Waals surface area contributed by atoms with Gasteiger partial charge in [0.05, 0.1) is 32.2 Å². The molecule has 13 heteroatoms. The number of aromatic nitrogens is 6. The van der Waals surface area contributed by atoms with Crippen LogP contribution < -0.4 is 5.32 Å². The summed E-state index contributed by atoms with van der Waals surface area (Å²) in [4.78, 5) is 40.3. The first kappa shape index (κ1) is 26.9. The molecule has 0 spiro atoms. The standard InChI is InChI=1S/C30H29N9O4/c1-37-35-27(34-36-37)26(19-5-3-2-4-6-19)38-11-13-39(14-12-38)30(41)24-15-20(9-10-31-24)29-33-23-16-22(7-8-25(23)43-29)32-28(40)21-17-42-18-21/h2-10,15-16,21,26H,11-14,17-18H2,1H3,(H,32,40). The molecular formula is C30H29N9O4. The van der Waals surface area contributed by atoms with Gasteiger partial charge in [-0.1, -0.05) is 30.3 Å². The molecule has 2 aliphatic rings. The fourth-order valence-electron chi connectivity index (χ4n) is 5.35. The molecule has 13 nitrogen and oxygen atoms in total. The maximum atomic E-state index is 13.5. The minimum absolute atomic E-state index is 0.0755. The molecule has 1 N–H and O–H groups in total. The molecule has 3 aromatic heterocycles. The van der Waals surface area contributed by atoms with Crippen molar-refractivity contribution in [2.24, 2.45) is 13.0 Å². The van der Waals surface area contributed by atoms with E-state index in [1.54, 1.807) is 43.6 Å². The number of anilines is 1. The van der Waals surface area contributed by atoms with Crippen LogP contribution >= 0.6 is 0 Å². The zero-order valence-corrected chi connectivity index (χ0v) is 23.5. The van der Waals surface area contributed by atoms with Gasteiger partial charge >= 0.3 is 0 Å². The third-order valence-corrected chi connectivity index (χ3v) is 7.74. The summed E-state index contributed by atoms with van der Waals surface area (Å²) >= 11 is 0. The lowest BCUT2D eigenvalue weighted by molar-refractivity contribution is -0.133. The van der Waals surface area contributed by atoms with Gasteiger partial charge in [-0.2, -0.15) is 4.80 Å². The van der Waals surface area contributed by atoms with Crippen molar-refractivity contribution in [3.63, 3.8) is 0 Å². The Bertz CT molecular complexity index is 1770. The van der Waals surface area contributed by atoms with Gasteiger partial charge in [0.2, 0.25) is 11.8 Å². The third kappa shape index (κ3) is 5.47. The number of amides is 2. The highest BCUT2D eigenvalue weighted by molar-refractivity contribution is 5.95. The second-order valence-electron chi connectivity index (χ2n) is 10.6. The number of piperazine rings is 1. The van der Waals surface area contributed by atoms with E-state index in [2.05, 4.69) is 47.7 Å².